The quantitative estimate of drug-likeness (QED) is 0.258. The molecular formula is C37H31N3. The lowest BCUT2D eigenvalue weighted by Crippen LogP contribution is -2.08. The largest absolute Gasteiger partial charge is 0.326 e. The number of rotatable bonds is 4. The molecule has 6 rings (SSSR count). The maximum atomic E-state index is 5.93. The number of allylic oxidation sites excluding steroid dienone is 8. The van der Waals surface area contributed by atoms with E-state index in [2.05, 4.69) is 126 Å². The van der Waals surface area contributed by atoms with Crippen LogP contribution in [0, 0.1) is 0 Å². The molecule has 0 atom stereocenters. The highest BCUT2D eigenvalue weighted by molar-refractivity contribution is 6.10. The van der Waals surface area contributed by atoms with Gasteiger partial charge in [-0.15, -0.1) is 0 Å². The molecule has 2 heterocycles. The highest BCUT2D eigenvalue weighted by atomic mass is 15.1. The first-order chi connectivity index (χ1) is 19.6. The Balaban J connectivity index is 1.53. The van der Waals surface area contributed by atoms with Gasteiger partial charge in [-0.05, 0) is 82.5 Å². The summed E-state index contributed by atoms with van der Waals surface area (Å²) >= 11 is 0. The Morgan fingerprint density at radius 1 is 0.625 bits per heavy atom. The third kappa shape index (κ3) is 4.86. The molecule has 2 N–H and O–H groups in total. The molecule has 194 valence electrons. The molecule has 1 aliphatic heterocycles. The van der Waals surface area contributed by atoms with Gasteiger partial charge in [0.05, 0.1) is 11.0 Å². The van der Waals surface area contributed by atoms with Gasteiger partial charge in [0.15, 0.2) is 0 Å². The van der Waals surface area contributed by atoms with Crippen LogP contribution in [0.5, 0.6) is 0 Å². The van der Waals surface area contributed by atoms with Gasteiger partial charge in [0.25, 0.3) is 0 Å². The third-order valence-corrected chi connectivity index (χ3v) is 7.28. The van der Waals surface area contributed by atoms with Crippen molar-refractivity contribution in [3.8, 4) is 5.69 Å². The van der Waals surface area contributed by atoms with Gasteiger partial charge in [-0.25, -0.2) is 0 Å². The van der Waals surface area contributed by atoms with E-state index in [1.807, 2.05) is 36.6 Å². The average Bonchev–Trinajstić information content (AvgIpc) is 3.32. The van der Waals surface area contributed by atoms with Gasteiger partial charge in [-0.3, -0.25) is 0 Å². The van der Waals surface area contributed by atoms with Crippen LogP contribution >= 0.6 is 0 Å². The Morgan fingerprint density at radius 2 is 1.40 bits per heavy atom. The molecule has 4 aromatic carbocycles. The van der Waals surface area contributed by atoms with Crippen molar-refractivity contribution in [1.82, 2.24) is 4.57 Å². The lowest BCUT2D eigenvalue weighted by Gasteiger charge is -2.17. The van der Waals surface area contributed by atoms with Crippen LogP contribution in [0.3, 0.4) is 0 Å². The van der Waals surface area contributed by atoms with Crippen molar-refractivity contribution < 1.29 is 0 Å². The zero-order valence-corrected chi connectivity index (χ0v) is 22.4. The highest BCUT2D eigenvalue weighted by Crippen LogP contribution is 2.34. The van der Waals surface area contributed by atoms with Gasteiger partial charge >= 0.3 is 0 Å². The summed E-state index contributed by atoms with van der Waals surface area (Å²) in [4.78, 5) is 2.10. The topological polar surface area (TPSA) is 34.2 Å². The normalized spacial score (nSPS) is 17.8. The monoisotopic (exact) mass is 517 g/mol. The molecule has 3 nitrogen and oxygen atoms in total. The Kier molecular flexibility index (Phi) is 6.88. The summed E-state index contributed by atoms with van der Waals surface area (Å²) in [6.45, 7) is 9.05. The number of fused-ring (bicyclic) bond motifs is 3. The van der Waals surface area contributed by atoms with Crippen LogP contribution in [0.4, 0.5) is 5.69 Å². The smallest absolute Gasteiger partial charge is 0.0547 e. The van der Waals surface area contributed by atoms with Gasteiger partial charge in [0.1, 0.15) is 0 Å². The van der Waals surface area contributed by atoms with E-state index in [4.69, 9.17) is 5.73 Å². The van der Waals surface area contributed by atoms with Gasteiger partial charge < -0.3 is 15.2 Å². The molecular weight excluding hydrogens is 486 g/mol. The summed E-state index contributed by atoms with van der Waals surface area (Å²) < 4.78 is 2.34. The number of anilines is 1. The molecule has 0 spiro atoms. The van der Waals surface area contributed by atoms with Gasteiger partial charge in [-0.2, -0.15) is 0 Å². The number of nitrogens with zero attached hydrogens (tertiary/aromatic N) is 2. The van der Waals surface area contributed by atoms with E-state index in [1.54, 1.807) is 0 Å². The van der Waals surface area contributed by atoms with E-state index in [0.29, 0.717) is 6.54 Å². The average molecular weight is 518 g/mol. The van der Waals surface area contributed by atoms with Crippen molar-refractivity contribution in [2.45, 2.75) is 6.54 Å². The number of nitrogens with two attached hydrogens (primary N) is 1. The van der Waals surface area contributed by atoms with E-state index in [1.165, 1.54) is 16.3 Å². The zero-order chi connectivity index (χ0) is 27.5. The number of para-hydroxylation sites is 2. The molecule has 0 amide bonds. The van der Waals surface area contributed by atoms with Crippen molar-refractivity contribution in [1.29, 1.82) is 0 Å². The first-order valence-electron chi connectivity index (χ1n) is 13.4. The van der Waals surface area contributed by atoms with Gasteiger partial charge in [-0.1, -0.05) is 86.0 Å². The van der Waals surface area contributed by atoms with Gasteiger partial charge in [0, 0.05) is 41.1 Å². The van der Waals surface area contributed by atoms with Crippen LogP contribution in [0.1, 0.15) is 11.1 Å². The van der Waals surface area contributed by atoms with Crippen molar-refractivity contribution in [2.24, 2.45) is 5.73 Å². The van der Waals surface area contributed by atoms with Crippen LogP contribution in [-0.2, 0) is 6.54 Å². The van der Waals surface area contributed by atoms with Crippen LogP contribution < -0.4 is 10.6 Å². The SMILES string of the molecule is C=C1/C=C\C=C/N(c2cccc(CN)c2)/C=C\C(c2ccc3c4ccccc4n(-c4ccccc4)c3c2)=C/C1=C. The molecule has 40 heavy (non-hydrogen) atoms. The molecule has 5 aromatic rings. The fraction of sp³-hybridized carbons (Fsp3) is 0.0270. The minimum atomic E-state index is 0.495. The Bertz CT molecular complexity index is 1860. The maximum Gasteiger partial charge on any atom is 0.0547 e. The Hall–Kier alpha value is -5.12. The molecule has 0 saturated carbocycles. The van der Waals surface area contributed by atoms with Crippen LogP contribution in [0.25, 0.3) is 33.1 Å². The second kappa shape index (κ2) is 10.9. The summed E-state index contributed by atoms with van der Waals surface area (Å²) in [7, 11) is 0. The summed E-state index contributed by atoms with van der Waals surface area (Å²) in [6, 6.07) is 34.1. The van der Waals surface area contributed by atoms with Crippen molar-refractivity contribution in [3.05, 3.63) is 175 Å². The molecule has 3 heteroatoms. The van der Waals surface area contributed by atoms with Crippen molar-refractivity contribution in [2.75, 3.05) is 4.90 Å². The molecule has 0 radical (unpaired) electrons. The van der Waals surface area contributed by atoms with Crippen LogP contribution in [0.2, 0.25) is 0 Å². The summed E-state index contributed by atoms with van der Waals surface area (Å²) in [5, 5.41) is 2.46. The molecule has 0 saturated heterocycles. The standard InChI is InChI=1S/C37H31N3/c1-27-11-8-9-21-39(33-15-10-12-29(24-33)26-38)22-20-31(23-28(27)2)30-18-19-35-34-16-6-7-17-36(34)40(37(35)25-30)32-13-4-3-5-14-32/h3-25H,1-2,26,38H2/b11-8-,21-9-,22-20-,31-23+. The summed E-state index contributed by atoms with van der Waals surface area (Å²) in [5.41, 5.74) is 15.4. The minimum absolute atomic E-state index is 0.495. The van der Waals surface area contributed by atoms with Crippen LogP contribution in [-0.4, -0.2) is 4.57 Å². The van der Waals surface area contributed by atoms with E-state index >= 15 is 0 Å². The number of aromatic nitrogens is 1. The second-order valence-corrected chi connectivity index (χ2v) is 9.87. The van der Waals surface area contributed by atoms with Gasteiger partial charge in [0.2, 0.25) is 0 Å². The molecule has 0 unspecified atom stereocenters. The lowest BCUT2D eigenvalue weighted by molar-refractivity contribution is 1.07. The van der Waals surface area contributed by atoms with E-state index in [0.717, 1.165) is 44.7 Å². The first kappa shape index (κ1) is 25.2. The van der Waals surface area contributed by atoms with Crippen LogP contribution in [0.15, 0.2) is 164 Å². The predicted octanol–water partition coefficient (Wildman–Crippen LogP) is 8.84. The summed E-state index contributed by atoms with van der Waals surface area (Å²) in [5.74, 6) is 0. The Labute approximate surface area is 235 Å². The zero-order valence-electron chi connectivity index (χ0n) is 22.4. The van der Waals surface area contributed by atoms with E-state index < -0.39 is 0 Å². The number of benzene rings is 4. The second-order valence-electron chi connectivity index (χ2n) is 9.87. The maximum absolute atomic E-state index is 5.93. The van der Waals surface area contributed by atoms with E-state index in [-0.39, 0.29) is 0 Å². The highest BCUT2D eigenvalue weighted by Gasteiger charge is 2.14. The molecule has 0 aliphatic carbocycles. The Morgan fingerprint density at radius 3 is 2.25 bits per heavy atom. The number of hydrogen-bond donors (Lipinski definition) is 1. The van der Waals surface area contributed by atoms with E-state index in [9.17, 15) is 0 Å². The van der Waals surface area contributed by atoms with Crippen molar-refractivity contribution >= 4 is 33.1 Å². The first-order valence-corrected chi connectivity index (χ1v) is 13.4. The number of hydrogen-bond acceptors (Lipinski definition) is 2. The molecule has 1 aliphatic rings. The molecule has 0 bridgehead atoms. The molecule has 0 fully saturated rings. The lowest BCUT2D eigenvalue weighted by atomic mass is 9.99. The fourth-order valence-corrected chi connectivity index (χ4v) is 5.16. The van der Waals surface area contributed by atoms with Crippen molar-refractivity contribution in [3.63, 3.8) is 0 Å². The third-order valence-electron chi connectivity index (χ3n) is 7.28. The summed E-state index contributed by atoms with van der Waals surface area (Å²) in [6.07, 6.45) is 14.4. The molecule has 1 aromatic heterocycles. The fourth-order valence-electron chi connectivity index (χ4n) is 5.16. The minimum Gasteiger partial charge on any atom is -0.326 e. The predicted molar refractivity (Wildman–Crippen MR) is 171 cm³/mol.